The van der Waals surface area contributed by atoms with Crippen LogP contribution in [0.15, 0.2) is 53.4 Å². The summed E-state index contributed by atoms with van der Waals surface area (Å²) in [6, 6.07) is 13.3. The smallest absolute Gasteiger partial charge is 0.333 e. The highest BCUT2D eigenvalue weighted by Gasteiger charge is 2.17. The lowest BCUT2D eigenvalue weighted by molar-refractivity contribution is -0.145. The topological polar surface area (TPSA) is 69.7 Å². The highest BCUT2D eigenvalue weighted by molar-refractivity contribution is 7.86. The zero-order valence-electron chi connectivity index (χ0n) is 12.4. The SMILES string of the molecule is CCOC(=O)COS(=O)(=O)c1ccc(-c2ccc(Cl)cc2)cc1. The summed E-state index contributed by atoms with van der Waals surface area (Å²) >= 11 is 5.83. The molecular weight excluding hydrogens is 340 g/mol. The predicted octanol–water partition coefficient (Wildman–Crippen LogP) is 3.28. The Kier molecular flexibility index (Phi) is 5.76. The molecule has 0 N–H and O–H groups in total. The van der Waals surface area contributed by atoms with Crippen LogP contribution in [0.4, 0.5) is 0 Å². The van der Waals surface area contributed by atoms with Crippen LogP contribution in [0.1, 0.15) is 6.92 Å². The Morgan fingerprint density at radius 2 is 1.52 bits per heavy atom. The number of halogens is 1. The minimum absolute atomic E-state index is 0.0282. The zero-order chi connectivity index (χ0) is 16.9. The number of carbonyl (C=O) groups excluding carboxylic acids is 1. The Bertz CT molecular complexity index is 767. The average Bonchev–Trinajstić information content (AvgIpc) is 2.54. The summed E-state index contributed by atoms with van der Waals surface area (Å²) in [5.41, 5.74) is 1.75. The van der Waals surface area contributed by atoms with Crippen LogP contribution >= 0.6 is 11.6 Å². The van der Waals surface area contributed by atoms with Crippen molar-refractivity contribution in [3.8, 4) is 11.1 Å². The van der Waals surface area contributed by atoms with E-state index < -0.39 is 22.7 Å². The van der Waals surface area contributed by atoms with Gasteiger partial charge in [-0.2, -0.15) is 8.42 Å². The van der Waals surface area contributed by atoms with Crippen molar-refractivity contribution in [1.82, 2.24) is 0 Å². The molecule has 0 bridgehead atoms. The van der Waals surface area contributed by atoms with Crippen LogP contribution in [0, 0.1) is 0 Å². The molecule has 0 aromatic heterocycles. The number of hydrogen-bond acceptors (Lipinski definition) is 5. The first-order chi connectivity index (χ1) is 10.9. The summed E-state index contributed by atoms with van der Waals surface area (Å²) in [6.07, 6.45) is 0. The van der Waals surface area contributed by atoms with Crippen molar-refractivity contribution in [3.63, 3.8) is 0 Å². The maximum Gasteiger partial charge on any atom is 0.333 e. The van der Waals surface area contributed by atoms with Gasteiger partial charge in [0.15, 0.2) is 6.61 Å². The van der Waals surface area contributed by atoms with Gasteiger partial charge in [0.2, 0.25) is 0 Å². The molecule has 0 aliphatic rings. The van der Waals surface area contributed by atoms with Gasteiger partial charge < -0.3 is 4.74 Å². The van der Waals surface area contributed by atoms with Crippen molar-refractivity contribution in [2.75, 3.05) is 13.2 Å². The van der Waals surface area contributed by atoms with Crippen molar-refractivity contribution in [3.05, 3.63) is 53.6 Å². The van der Waals surface area contributed by atoms with Crippen LogP contribution in [-0.2, 0) is 23.8 Å². The minimum atomic E-state index is -4.00. The monoisotopic (exact) mass is 354 g/mol. The largest absolute Gasteiger partial charge is 0.464 e. The number of ether oxygens (including phenoxy) is 1. The van der Waals surface area contributed by atoms with Crippen molar-refractivity contribution < 1.29 is 22.1 Å². The Morgan fingerprint density at radius 3 is 2.04 bits per heavy atom. The molecule has 2 aromatic carbocycles. The van der Waals surface area contributed by atoms with Crippen LogP contribution in [-0.4, -0.2) is 27.6 Å². The van der Waals surface area contributed by atoms with Gasteiger partial charge in [0, 0.05) is 5.02 Å². The van der Waals surface area contributed by atoms with Gasteiger partial charge in [-0.25, -0.2) is 4.79 Å². The second-order valence-electron chi connectivity index (χ2n) is 4.55. The number of rotatable bonds is 6. The van der Waals surface area contributed by atoms with E-state index in [4.69, 9.17) is 11.6 Å². The van der Waals surface area contributed by atoms with Crippen LogP contribution in [0.25, 0.3) is 11.1 Å². The first-order valence-corrected chi connectivity index (χ1v) is 8.62. The number of carbonyl (C=O) groups is 1. The molecule has 0 aliphatic heterocycles. The first-order valence-electron chi connectivity index (χ1n) is 6.83. The van der Waals surface area contributed by atoms with Crippen LogP contribution in [0.5, 0.6) is 0 Å². The second kappa shape index (κ2) is 7.59. The van der Waals surface area contributed by atoms with E-state index in [-0.39, 0.29) is 11.5 Å². The summed E-state index contributed by atoms with van der Waals surface area (Å²) < 4.78 is 33.3. The Balaban J connectivity index is 2.12. The van der Waals surface area contributed by atoms with E-state index in [1.807, 2.05) is 12.1 Å². The molecule has 0 unspecified atom stereocenters. The molecule has 0 aliphatic carbocycles. The molecule has 0 radical (unpaired) electrons. The molecule has 122 valence electrons. The summed E-state index contributed by atoms with van der Waals surface area (Å²) in [5.74, 6) is -0.728. The Labute approximate surface area is 139 Å². The first kappa shape index (κ1) is 17.5. The van der Waals surface area contributed by atoms with Gasteiger partial charge in [-0.3, -0.25) is 4.18 Å². The number of benzene rings is 2. The zero-order valence-corrected chi connectivity index (χ0v) is 13.9. The van der Waals surface area contributed by atoms with E-state index in [0.717, 1.165) is 11.1 Å². The molecule has 0 amide bonds. The lowest BCUT2D eigenvalue weighted by atomic mass is 10.1. The third kappa shape index (κ3) is 4.79. The number of hydrogen-bond donors (Lipinski definition) is 0. The van der Waals surface area contributed by atoms with Crippen molar-refractivity contribution in [2.45, 2.75) is 11.8 Å². The molecule has 0 saturated carbocycles. The van der Waals surface area contributed by atoms with Crippen LogP contribution in [0.2, 0.25) is 5.02 Å². The molecular formula is C16H15ClO5S. The van der Waals surface area contributed by atoms with Gasteiger partial charge in [0.05, 0.1) is 11.5 Å². The summed E-state index contributed by atoms with van der Waals surface area (Å²) in [7, 11) is -4.00. The number of esters is 1. The van der Waals surface area contributed by atoms with Crippen molar-refractivity contribution >= 4 is 27.7 Å². The van der Waals surface area contributed by atoms with Gasteiger partial charge in [0.25, 0.3) is 10.1 Å². The minimum Gasteiger partial charge on any atom is -0.464 e. The second-order valence-corrected chi connectivity index (χ2v) is 6.60. The highest BCUT2D eigenvalue weighted by atomic mass is 35.5. The average molecular weight is 355 g/mol. The van der Waals surface area contributed by atoms with Crippen LogP contribution < -0.4 is 0 Å². The standard InChI is InChI=1S/C16H15ClO5S/c1-2-21-16(18)11-22-23(19,20)15-9-5-13(6-10-15)12-3-7-14(17)8-4-12/h3-10H,2,11H2,1H3. The fourth-order valence-electron chi connectivity index (χ4n) is 1.85. The van der Waals surface area contributed by atoms with Gasteiger partial charge in [-0.05, 0) is 42.3 Å². The van der Waals surface area contributed by atoms with E-state index in [0.29, 0.717) is 5.02 Å². The molecule has 0 saturated heterocycles. The molecule has 0 fully saturated rings. The fraction of sp³-hybridized carbons (Fsp3) is 0.188. The summed E-state index contributed by atoms with van der Waals surface area (Å²) in [4.78, 5) is 11.1. The van der Waals surface area contributed by atoms with Crippen molar-refractivity contribution in [1.29, 1.82) is 0 Å². The lowest BCUT2D eigenvalue weighted by Crippen LogP contribution is -2.16. The molecule has 2 aromatic rings. The molecule has 0 spiro atoms. The molecule has 0 heterocycles. The molecule has 7 heteroatoms. The van der Waals surface area contributed by atoms with E-state index in [2.05, 4.69) is 8.92 Å². The normalized spacial score (nSPS) is 11.2. The summed E-state index contributed by atoms with van der Waals surface area (Å²) in [6.45, 7) is 1.15. The molecule has 2 rings (SSSR count). The summed E-state index contributed by atoms with van der Waals surface area (Å²) in [5, 5.41) is 0.625. The van der Waals surface area contributed by atoms with Gasteiger partial charge in [-0.1, -0.05) is 35.9 Å². The maximum absolute atomic E-state index is 12.0. The predicted molar refractivity (Wildman–Crippen MR) is 86.7 cm³/mol. The van der Waals surface area contributed by atoms with Crippen LogP contribution in [0.3, 0.4) is 0 Å². The molecule has 23 heavy (non-hydrogen) atoms. The van der Waals surface area contributed by atoms with Crippen molar-refractivity contribution in [2.24, 2.45) is 0 Å². The molecule has 0 atom stereocenters. The Morgan fingerprint density at radius 1 is 1.00 bits per heavy atom. The highest BCUT2D eigenvalue weighted by Crippen LogP contribution is 2.23. The third-order valence-corrected chi connectivity index (χ3v) is 4.49. The van der Waals surface area contributed by atoms with E-state index in [1.165, 1.54) is 12.1 Å². The lowest BCUT2D eigenvalue weighted by Gasteiger charge is -2.07. The van der Waals surface area contributed by atoms with E-state index in [9.17, 15) is 13.2 Å². The maximum atomic E-state index is 12.0. The van der Waals surface area contributed by atoms with Gasteiger partial charge in [0.1, 0.15) is 0 Å². The fourth-order valence-corrected chi connectivity index (χ4v) is 2.84. The molecule has 5 nitrogen and oxygen atoms in total. The van der Waals surface area contributed by atoms with E-state index >= 15 is 0 Å². The Hall–Kier alpha value is -1.89. The van der Waals surface area contributed by atoms with Gasteiger partial charge in [-0.15, -0.1) is 0 Å². The quantitative estimate of drug-likeness (QED) is 0.588. The van der Waals surface area contributed by atoms with Gasteiger partial charge >= 0.3 is 5.97 Å². The third-order valence-electron chi connectivity index (χ3n) is 2.96. The van der Waals surface area contributed by atoms with E-state index in [1.54, 1.807) is 31.2 Å².